The van der Waals surface area contributed by atoms with Crippen LogP contribution >= 0.6 is 35.0 Å². The summed E-state index contributed by atoms with van der Waals surface area (Å²) in [5.41, 5.74) is 6.34. The van der Waals surface area contributed by atoms with Crippen LogP contribution in [0.15, 0.2) is 83.1 Å². The molecule has 33 heavy (non-hydrogen) atoms. The average molecular weight is 496 g/mol. The van der Waals surface area contributed by atoms with Crippen molar-refractivity contribution in [1.82, 2.24) is 14.8 Å². The molecule has 6 nitrogen and oxygen atoms in total. The van der Waals surface area contributed by atoms with E-state index in [0.29, 0.717) is 26.6 Å². The van der Waals surface area contributed by atoms with Gasteiger partial charge in [0.25, 0.3) is 0 Å². The number of rotatable bonds is 6. The summed E-state index contributed by atoms with van der Waals surface area (Å²) >= 11 is 13.7. The number of hydrogen-bond acceptors (Lipinski definition) is 6. The fraction of sp³-hybridized carbons (Fsp3) is 0.0833. The van der Waals surface area contributed by atoms with Crippen molar-refractivity contribution in [3.05, 3.63) is 88.4 Å². The summed E-state index contributed by atoms with van der Waals surface area (Å²) in [7, 11) is 0. The first-order chi connectivity index (χ1) is 15.9. The highest BCUT2D eigenvalue weighted by molar-refractivity contribution is 8.15. The molecule has 0 fully saturated rings. The van der Waals surface area contributed by atoms with Crippen LogP contribution in [0.25, 0.3) is 17.1 Å². The second kappa shape index (κ2) is 10.2. The van der Waals surface area contributed by atoms with Gasteiger partial charge in [-0.1, -0.05) is 59.1 Å². The van der Waals surface area contributed by atoms with Crippen molar-refractivity contribution in [2.45, 2.75) is 19.0 Å². The summed E-state index contributed by atoms with van der Waals surface area (Å²) in [5, 5.41) is 14.7. The molecule has 0 spiro atoms. The number of aryl methyl sites for hydroxylation is 1. The molecular formula is C24H19Cl2N5OS. The van der Waals surface area contributed by atoms with Crippen molar-refractivity contribution < 1.29 is 4.79 Å². The minimum Gasteiger partial charge on any atom is -0.292 e. The maximum absolute atomic E-state index is 12.4. The summed E-state index contributed by atoms with van der Waals surface area (Å²) in [5.74, 6) is 0.327. The molecule has 0 unspecified atom stereocenters. The highest BCUT2D eigenvalue weighted by Crippen LogP contribution is 2.34. The minimum absolute atomic E-state index is 0.201. The van der Waals surface area contributed by atoms with Crippen molar-refractivity contribution in [2.75, 3.05) is 5.43 Å². The number of Topliss-reactive ketones (excluding diaryl/α,β-unsaturated/α-hetero) is 1. The molecule has 0 radical (unpaired) electrons. The minimum atomic E-state index is -0.201. The summed E-state index contributed by atoms with van der Waals surface area (Å²) in [6.07, 6.45) is 0. The van der Waals surface area contributed by atoms with Crippen LogP contribution in [-0.4, -0.2) is 25.6 Å². The lowest BCUT2D eigenvalue weighted by Gasteiger charge is -2.11. The van der Waals surface area contributed by atoms with Gasteiger partial charge in [-0.05, 0) is 61.2 Å². The quantitative estimate of drug-likeness (QED) is 0.140. The molecule has 0 amide bonds. The molecule has 4 aromatic rings. The molecule has 0 saturated heterocycles. The van der Waals surface area contributed by atoms with Gasteiger partial charge in [0.2, 0.25) is 5.16 Å². The van der Waals surface area contributed by atoms with Gasteiger partial charge in [-0.3, -0.25) is 14.8 Å². The average Bonchev–Trinajstić information content (AvgIpc) is 3.21. The van der Waals surface area contributed by atoms with Gasteiger partial charge in [-0.2, -0.15) is 5.10 Å². The monoisotopic (exact) mass is 495 g/mol. The number of anilines is 1. The zero-order valence-electron chi connectivity index (χ0n) is 17.8. The summed E-state index contributed by atoms with van der Waals surface area (Å²) in [6.45, 7) is 3.47. The highest BCUT2D eigenvalue weighted by Gasteiger charge is 2.21. The second-order valence-electron chi connectivity index (χ2n) is 7.15. The number of para-hydroxylation sites is 1. The van der Waals surface area contributed by atoms with Crippen LogP contribution in [0.5, 0.6) is 0 Å². The van der Waals surface area contributed by atoms with E-state index in [9.17, 15) is 4.79 Å². The number of carbonyl (C=O) groups is 1. The number of carbonyl (C=O) groups excluding carboxylic acids is 1. The third-order valence-electron chi connectivity index (χ3n) is 4.65. The first-order valence-electron chi connectivity index (χ1n) is 9.98. The van der Waals surface area contributed by atoms with E-state index in [2.05, 4.69) is 20.7 Å². The molecule has 4 rings (SSSR count). The molecule has 0 aliphatic carbocycles. The van der Waals surface area contributed by atoms with Crippen molar-refractivity contribution in [1.29, 1.82) is 0 Å². The normalized spacial score (nSPS) is 11.5. The van der Waals surface area contributed by atoms with Crippen molar-refractivity contribution >= 4 is 51.5 Å². The van der Waals surface area contributed by atoms with Gasteiger partial charge < -0.3 is 0 Å². The number of ketones is 1. The molecular weight excluding hydrogens is 477 g/mol. The third-order valence-corrected chi connectivity index (χ3v) is 6.21. The van der Waals surface area contributed by atoms with Gasteiger partial charge in [-0.25, -0.2) is 0 Å². The number of benzene rings is 3. The molecule has 0 aliphatic rings. The van der Waals surface area contributed by atoms with Crippen LogP contribution in [0.1, 0.15) is 12.5 Å². The van der Waals surface area contributed by atoms with Gasteiger partial charge in [0.15, 0.2) is 16.7 Å². The molecule has 0 saturated carbocycles. The van der Waals surface area contributed by atoms with Crippen LogP contribution in [0.3, 0.4) is 0 Å². The van der Waals surface area contributed by atoms with Crippen LogP contribution in [0.2, 0.25) is 10.0 Å². The van der Waals surface area contributed by atoms with Crippen molar-refractivity contribution in [3.63, 3.8) is 0 Å². The van der Waals surface area contributed by atoms with Gasteiger partial charge in [-0.15, -0.1) is 10.2 Å². The van der Waals surface area contributed by atoms with E-state index >= 15 is 0 Å². The first kappa shape index (κ1) is 23.0. The summed E-state index contributed by atoms with van der Waals surface area (Å²) in [6, 6.07) is 22.5. The van der Waals surface area contributed by atoms with E-state index in [1.54, 1.807) is 18.2 Å². The van der Waals surface area contributed by atoms with Crippen LogP contribution in [-0.2, 0) is 4.79 Å². The second-order valence-corrected chi connectivity index (χ2v) is 8.95. The Balaban J connectivity index is 1.74. The first-order valence-corrected chi connectivity index (χ1v) is 11.5. The zero-order chi connectivity index (χ0) is 23.4. The molecule has 9 heteroatoms. The zero-order valence-corrected chi connectivity index (χ0v) is 20.1. The maximum Gasteiger partial charge on any atom is 0.202 e. The topological polar surface area (TPSA) is 72.2 Å². The van der Waals surface area contributed by atoms with E-state index < -0.39 is 0 Å². The smallest absolute Gasteiger partial charge is 0.202 e. The van der Waals surface area contributed by atoms with Crippen LogP contribution < -0.4 is 5.43 Å². The Labute approximate surface area is 205 Å². The SMILES string of the molecule is CC(=O)/C(=N\Nc1ccc(C)cc1)Sc1nnc(-c2ccc(Cl)cc2Cl)n1-c1ccccc1. The van der Waals surface area contributed by atoms with Crippen molar-refractivity contribution in [3.8, 4) is 17.1 Å². The Hall–Kier alpha value is -3.13. The Morgan fingerprint density at radius 3 is 2.39 bits per heavy atom. The lowest BCUT2D eigenvalue weighted by molar-refractivity contribution is -0.110. The molecule has 3 aromatic carbocycles. The van der Waals surface area contributed by atoms with Gasteiger partial charge >= 0.3 is 0 Å². The van der Waals surface area contributed by atoms with Gasteiger partial charge in [0, 0.05) is 23.2 Å². The van der Waals surface area contributed by atoms with Crippen molar-refractivity contribution in [2.24, 2.45) is 5.10 Å². The molecule has 1 heterocycles. The standard InChI is InChI=1S/C24H19Cl2N5OS/c1-15-8-11-18(12-9-15)27-29-23(16(2)32)33-24-30-28-22(20-13-10-17(25)14-21(20)26)31(24)19-6-4-3-5-7-19/h3-14,27H,1-2H3/b29-23+. The number of hydrogen-bond donors (Lipinski definition) is 1. The fourth-order valence-corrected chi connectivity index (χ4v) is 4.26. The lowest BCUT2D eigenvalue weighted by atomic mass is 10.2. The summed E-state index contributed by atoms with van der Waals surface area (Å²) < 4.78 is 1.84. The molecule has 166 valence electrons. The Bertz CT molecular complexity index is 1320. The number of nitrogens with one attached hydrogen (secondary N) is 1. The van der Waals surface area contributed by atoms with Crippen LogP contribution in [0.4, 0.5) is 5.69 Å². The van der Waals surface area contributed by atoms with E-state index in [1.807, 2.05) is 66.1 Å². The Morgan fingerprint density at radius 1 is 1.00 bits per heavy atom. The number of aromatic nitrogens is 3. The van der Waals surface area contributed by atoms with Gasteiger partial charge in [0.1, 0.15) is 0 Å². The van der Waals surface area contributed by atoms with E-state index in [4.69, 9.17) is 23.2 Å². The Morgan fingerprint density at radius 2 is 1.73 bits per heavy atom. The fourth-order valence-electron chi connectivity index (χ4n) is 2.99. The molecule has 1 aromatic heterocycles. The maximum atomic E-state index is 12.4. The number of halogens is 2. The van der Waals surface area contributed by atoms with E-state index in [1.165, 1.54) is 6.92 Å². The number of hydrazone groups is 1. The molecule has 0 atom stereocenters. The van der Waals surface area contributed by atoms with Crippen LogP contribution in [0, 0.1) is 6.92 Å². The highest BCUT2D eigenvalue weighted by atomic mass is 35.5. The predicted octanol–water partition coefficient (Wildman–Crippen LogP) is 6.66. The summed E-state index contributed by atoms with van der Waals surface area (Å²) in [4.78, 5) is 12.4. The number of thioether (sulfide) groups is 1. The predicted molar refractivity (Wildman–Crippen MR) is 136 cm³/mol. The van der Waals surface area contributed by atoms with E-state index in [-0.39, 0.29) is 10.8 Å². The molecule has 0 bridgehead atoms. The molecule has 0 aliphatic heterocycles. The molecule has 1 N–H and O–H groups in total. The van der Waals surface area contributed by atoms with E-state index in [0.717, 1.165) is 28.7 Å². The van der Waals surface area contributed by atoms with Gasteiger partial charge in [0.05, 0.1) is 10.7 Å². The largest absolute Gasteiger partial charge is 0.292 e. The third kappa shape index (κ3) is 5.45. The number of nitrogens with zero attached hydrogens (tertiary/aromatic N) is 4. The lowest BCUT2D eigenvalue weighted by Crippen LogP contribution is -2.10. The Kier molecular flexibility index (Phi) is 7.13.